The molecule has 4 heteroatoms. The first-order chi connectivity index (χ1) is 11.2. The van der Waals surface area contributed by atoms with Gasteiger partial charge in [0.25, 0.3) is 0 Å². The van der Waals surface area contributed by atoms with Crippen molar-refractivity contribution in [3.05, 3.63) is 36.0 Å². The molecule has 23 heavy (non-hydrogen) atoms. The van der Waals surface area contributed by atoms with E-state index in [-0.39, 0.29) is 5.82 Å². The number of aromatic nitrogens is 2. The van der Waals surface area contributed by atoms with Gasteiger partial charge < -0.3 is 4.52 Å². The van der Waals surface area contributed by atoms with Crippen molar-refractivity contribution in [3.63, 3.8) is 0 Å². The molecule has 1 heterocycles. The van der Waals surface area contributed by atoms with E-state index in [0.717, 1.165) is 35.6 Å². The number of hydrogen-bond acceptors (Lipinski definition) is 3. The summed E-state index contributed by atoms with van der Waals surface area (Å²) >= 11 is 0. The highest BCUT2D eigenvalue weighted by atomic mass is 19.1. The van der Waals surface area contributed by atoms with Crippen molar-refractivity contribution in [1.29, 1.82) is 0 Å². The van der Waals surface area contributed by atoms with Gasteiger partial charge in [-0.1, -0.05) is 5.16 Å². The molecule has 0 radical (unpaired) electrons. The first-order valence-electron chi connectivity index (χ1n) is 8.76. The lowest BCUT2D eigenvalue weighted by molar-refractivity contribution is -0.0556. The van der Waals surface area contributed by atoms with Crippen LogP contribution in [0.15, 0.2) is 28.8 Å². The minimum atomic E-state index is -0.244. The minimum Gasteiger partial charge on any atom is -0.339 e. The number of benzene rings is 1. The van der Waals surface area contributed by atoms with Gasteiger partial charge in [0.1, 0.15) is 5.82 Å². The third-order valence-corrected chi connectivity index (χ3v) is 6.26. The Morgan fingerprint density at radius 1 is 1.00 bits per heavy atom. The van der Waals surface area contributed by atoms with Gasteiger partial charge in [0, 0.05) is 12.0 Å². The Balaban J connectivity index is 1.38. The summed E-state index contributed by atoms with van der Waals surface area (Å²) in [6.07, 6.45) is 9.29. The molecule has 0 aliphatic heterocycles. The number of halogens is 1. The second kappa shape index (κ2) is 4.89. The average molecular weight is 312 g/mol. The van der Waals surface area contributed by atoms with Crippen LogP contribution in [-0.4, -0.2) is 10.1 Å². The van der Waals surface area contributed by atoms with Gasteiger partial charge in [-0.25, -0.2) is 4.39 Å². The molecule has 6 rings (SSSR count). The summed E-state index contributed by atoms with van der Waals surface area (Å²) in [5.41, 5.74) is 1.22. The van der Waals surface area contributed by atoms with Gasteiger partial charge in [-0.05, 0) is 86.0 Å². The van der Waals surface area contributed by atoms with Crippen molar-refractivity contribution in [2.24, 2.45) is 23.2 Å². The highest BCUT2D eigenvalue weighted by Gasteiger charge is 2.51. The Kier molecular flexibility index (Phi) is 2.91. The van der Waals surface area contributed by atoms with Crippen molar-refractivity contribution in [2.45, 2.75) is 44.9 Å². The largest absolute Gasteiger partial charge is 0.339 e. The van der Waals surface area contributed by atoms with Crippen LogP contribution in [0.5, 0.6) is 0 Å². The van der Waals surface area contributed by atoms with Crippen LogP contribution in [0.4, 0.5) is 4.39 Å². The van der Waals surface area contributed by atoms with Crippen molar-refractivity contribution >= 4 is 0 Å². The van der Waals surface area contributed by atoms with Gasteiger partial charge in [0.2, 0.25) is 11.7 Å². The molecule has 1 aromatic heterocycles. The normalized spacial score (nSPS) is 34.9. The molecule has 0 N–H and O–H groups in total. The SMILES string of the molecule is Fc1ccc(-c2noc(CC34CC5CC(CC(C5)C3)C4)n2)cc1. The molecule has 4 saturated carbocycles. The molecule has 4 bridgehead atoms. The van der Waals surface area contributed by atoms with Crippen LogP contribution in [-0.2, 0) is 6.42 Å². The van der Waals surface area contributed by atoms with Crippen molar-refractivity contribution in [3.8, 4) is 11.4 Å². The zero-order valence-corrected chi connectivity index (χ0v) is 13.2. The van der Waals surface area contributed by atoms with E-state index in [1.165, 1.54) is 50.7 Å². The highest BCUT2D eigenvalue weighted by molar-refractivity contribution is 5.53. The van der Waals surface area contributed by atoms with Crippen LogP contribution in [0.2, 0.25) is 0 Å². The fourth-order valence-corrected chi connectivity index (χ4v) is 5.87. The monoisotopic (exact) mass is 312 g/mol. The average Bonchev–Trinajstić information content (AvgIpc) is 2.94. The predicted molar refractivity (Wildman–Crippen MR) is 84.0 cm³/mol. The van der Waals surface area contributed by atoms with Crippen LogP contribution in [0.25, 0.3) is 11.4 Å². The van der Waals surface area contributed by atoms with E-state index in [9.17, 15) is 4.39 Å². The molecule has 3 nitrogen and oxygen atoms in total. The molecule has 0 unspecified atom stereocenters. The molecule has 0 saturated heterocycles. The summed E-state index contributed by atoms with van der Waals surface area (Å²) in [4.78, 5) is 4.59. The molecule has 120 valence electrons. The van der Waals surface area contributed by atoms with Crippen LogP contribution < -0.4 is 0 Å². The third kappa shape index (κ3) is 2.39. The van der Waals surface area contributed by atoms with E-state index in [1.807, 2.05) is 0 Å². The van der Waals surface area contributed by atoms with Gasteiger partial charge in [0.15, 0.2) is 0 Å². The van der Waals surface area contributed by atoms with Crippen LogP contribution in [0.1, 0.15) is 44.4 Å². The van der Waals surface area contributed by atoms with Gasteiger partial charge in [-0.15, -0.1) is 0 Å². The van der Waals surface area contributed by atoms with Crippen molar-refractivity contribution in [1.82, 2.24) is 10.1 Å². The van der Waals surface area contributed by atoms with Crippen LogP contribution in [0, 0.1) is 29.0 Å². The Bertz CT molecular complexity index is 686. The molecule has 0 amide bonds. The molecule has 4 fully saturated rings. The van der Waals surface area contributed by atoms with E-state index in [2.05, 4.69) is 10.1 Å². The standard InChI is InChI=1S/C19H21FN2O/c20-16-3-1-15(2-4-16)18-21-17(23-22-18)11-19-8-12-5-13(9-19)7-14(6-12)10-19/h1-4,12-14H,5-11H2. The summed E-state index contributed by atoms with van der Waals surface area (Å²) in [6, 6.07) is 6.28. The molecule has 0 spiro atoms. The second-order valence-corrected chi connectivity index (χ2v) is 8.11. The van der Waals surface area contributed by atoms with E-state index in [4.69, 9.17) is 4.52 Å². The molecule has 4 aliphatic rings. The smallest absolute Gasteiger partial charge is 0.227 e. The maximum absolute atomic E-state index is 13.0. The lowest BCUT2D eigenvalue weighted by Gasteiger charge is -2.56. The highest BCUT2D eigenvalue weighted by Crippen LogP contribution is 2.60. The zero-order chi connectivity index (χ0) is 15.4. The summed E-state index contributed by atoms with van der Waals surface area (Å²) < 4.78 is 18.6. The number of rotatable bonds is 3. The van der Waals surface area contributed by atoms with Crippen LogP contribution in [0.3, 0.4) is 0 Å². The molecule has 0 atom stereocenters. The van der Waals surface area contributed by atoms with E-state index < -0.39 is 0 Å². The Morgan fingerprint density at radius 3 is 2.22 bits per heavy atom. The predicted octanol–water partition coefficient (Wildman–Crippen LogP) is 4.63. The first kappa shape index (κ1) is 13.7. The lowest BCUT2D eigenvalue weighted by Crippen LogP contribution is -2.47. The van der Waals surface area contributed by atoms with E-state index in [0.29, 0.717) is 11.2 Å². The lowest BCUT2D eigenvalue weighted by atomic mass is 9.49. The molecule has 1 aromatic carbocycles. The van der Waals surface area contributed by atoms with E-state index in [1.54, 1.807) is 12.1 Å². The Labute approximate surface area is 135 Å². The minimum absolute atomic E-state index is 0.244. The molecule has 4 aliphatic carbocycles. The molecule has 2 aromatic rings. The Morgan fingerprint density at radius 2 is 1.61 bits per heavy atom. The molecular weight excluding hydrogens is 291 g/mol. The third-order valence-electron chi connectivity index (χ3n) is 6.26. The van der Waals surface area contributed by atoms with Crippen molar-refractivity contribution < 1.29 is 8.91 Å². The van der Waals surface area contributed by atoms with Gasteiger partial charge >= 0.3 is 0 Å². The second-order valence-electron chi connectivity index (χ2n) is 8.11. The summed E-state index contributed by atoms with van der Waals surface area (Å²) in [5, 5.41) is 4.11. The van der Waals surface area contributed by atoms with Gasteiger partial charge in [0.05, 0.1) is 0 Å². The van der Waals surface area contributed by atoms with E-state index >= 15 is 0 Å². The Hall–Kier alpha value is -1.71. The van der Waals surface area contributed by atoms with Crippen LogP contribution >= 0.6 is 0 Å². The summed E-state index contributed by atoms with van der Waals surface area (Å²) in [6.45, 7) is 0. The fraction of sp³-hybridized carbons (Fsp3) is 0.579. The van der Waals surface area contributed by atoms with Crippen molar-refractivity contribution in [2.75, 3.05) is 0 Å². The topological polar surface area (TPSA) is 38.9 Å². The fourth-order valence-electron chi connectivity index (χ4n) is 5.87. The maximum atomic E-state index is 13.0. The number of nitrogens with zero attached hydrogens (tertiary/aromatic N) is 2. The van der Waals surface area contributed by atoms with Gasteiger partial charge in [-0.3, -0.25) is 0 Å². The zero-order valence-electron chi connectivity index (χ0n) is 13.2. The summed E-state index contributed by atoms with van der Waals surface area (Å²) in [5.74, 6) is 3.88. The van der Waals surface area contributed by atoms with Gasteiger partial charge in [-0.2, -0.15) is 4.98 Å². The molecular formula is C19H21FN2O. The summed E-state index contributed by atoms with van der Waals surface area (Å²) in [7, 11) is 0. The first-order valence-corrected chi connectivity index (χ1v) is 8.76. The quantitative estimate of drug-likeness (QED) is 0.829. The maximum Gasteiger partial charge on any atom is 0.227 e. The number of hydrogen-bond donors (Lipinski definition) is 0.